The van der Waals surface area contributed by atoms with Gasteiger partial charge in [0.1, 0.15) is 0 Å². The van der Waals surface area contributed by atoms with E-state index in [1.54, 1.807) is 0 Å². The fourth-order valence-electron chi connectivity index (χ4n) is 8.87. The number of carbonyl (C=O) groups is 1. The minimum absolute atomic E-state index is 0.0363. The van der Waals surface area contributed by atoms with Crippen LogP contribution in [-0.2, 0) is 9.53 Å². The molecule has 0 spiro atoms. The molecule has 28 heavy (non-hydrogen) atoms. The maximum atomic E-state index is 11.6. The first kappa shape index (κ1) is 20.7. The summed E-state index contributed by atoms with van der Waals surface area (Å²) in [5.74, 6) is 4.02. The quantitative estimate of drug-likeness (QED) is 0.636. The van der Waals surface area contributed by atoms with Crippen molar-refractivity contribution in [1.82, 2.24) is 0 Å². The Morgan fingerprint density at radius 1 is 1.11 bits per heavy atom. The summed E-state index contributed by atoms with van der Waals surface area (Å²) >= 11 is 0. The Bertz CT molecular complexity index is 588. The molecular weight excluding hydrogens is 348 g/mol. The normalized spacial score (nSPS) is 48.9. The summed E-state index contributed by atoms with van der Waals surface area (Å²) < 4.78 is 4.86. The fourth-order valence-corrected chi connectivity index (χ4v) is 8.87. The van der Waals surface area contributed by atoms with Crippen LogP contribution >= 0.6 is 0 Å². The van der Waals surface area contributed by atoms with E-state index in [0.29, 0.717) is 29.6 Å². The van der Waals surface area contributed by atoms with Gasteiger partial charge in [0.05, 0.1) is 13.2 Å². The number of methoxy groups -OCH3 is 1. The van der Waals surface area contributed by atoms with Gasteiger partial charge in [0.2, 0.25) is 0 Å². The predicted molar refractivity (Wildman–Crippen MR) is 112 cm³/mol. The van der Waals surface area contributed by atoms with E-state index in [1.807, 2.05) is 0 Å². The second-order valence-corrected chi connectivity index (χ2v) is 11.3. The first-order valence-electron chi connectivity index (χ1n) is 12.1. The molecule has 1 N–H and O–H groups in total. The average Bonchev–Trinajstić information content (AvgIpc) is 3.05. The van der Waals surface area contributed by atoms with E-state index in [9.17, 15) is 9.90 Å². The maximum Gasteiger partial charge on any atom is 0.305 e. The zero-order valence-electron chi connectivity index (χ0n) is 18.6. The van der Waals surface area contributed by atoms with Gasteiger partial charge >= 0.3 is 5.97 Å². The van der Waals surface area contributed by atoms with Crippen molar-refractivity contribution in [3.05, 3.63) is 0 Å². The van der Waals surface area contributed by atoms with Gasteiger partial charge in [-0.25, -0.2) is 0 Å². The van der Waals surface area contributed by atoms with Gasteiger partial charge in [-0.05, 0) is 97.7 Å². The molecule has 0 saturated heterocycles. The number of hydrogen-bond acceptors (Lipinski definition) is 3. The molecule has 4 aliphatic rings. The van der Waals surface area contributed by atoms with E-state index < -0.39 is 0 Å². The van der Waals surface area contributed by atoms with Gasteiger partial charge < -0.3 is 9.84 Å². The molecule has 0 amide bonds. The Labute approximate surface area is 172 Å². The lowest BCUT2D eigenvalue weighted by atomic mass is 9.44. The Balaban J connectivity index is 1.54. The highest BCUT2D eigenvalue weighted by atomic mass is 16.5. The van der Waals surface area contributed by atoms with Crippen molar-refractivity contribution in [3.8, 4) is 0 Å². The van der Waals surface area contributed by atoms with Crippen LogP contribution in [0.15, 0.2) is 0 Å². The molecule has 4 saturated carbocycles. The molecule has 4 aliphatic carbocycles. The summed E-state index contributed by atoms with van der Waals surface area (Å²) in [6, 6.07) is 0. The van der Waals surface area contributed by atoms with Gasteiger partial charge in [0.25, 0.3) is 0 Å². The van der Waals surface area contributed by atoms with Crippen LogP contribution in [0.5, 0.6) is 0 Å². The SMILES string of the molecule is COC(=O)CC[C@H](C)[C@H]1CC[C@@H]2[C@@H]3CC[C@@H]4CCCC[C@]4(C)[C@@H]3C[C@H](O)[C@@]21C. The molecule has 0 bridgehead atoms. The monoisotopic (exact) mass is 390 g/mol. The third-order valence-corrected chi connectivity index (χ3v) is 10.5. The molecule has 3 nitrogen and oxygen atoms in total. The summed E-state index contributed by atoms with van der Waals surface area (Å²) in [5.41, 5.74) is 0.507. The number of esters is 1. The van der Waals surface area contributed by atoms with Crippen LogP contribution < -0.4 is 0 Å². The number of aliphatic hydroxyl groups is 1. The number of ether oxygens (including phenoxy) is 1. The lowest BCUT2D eigenvalue weighted by molar-refractivity contribution is -0.168. The van der Waals surface area contributed by atoms with Crippen LogP contribution in [0.25, 0.3) is 0 Å². The second kappa shape index (κ2) is 7.60. The highest BCUT2D eigenvalue weighted by Crippen LogP contribution is 2.68. The van der Waals surface area contributed by atoms with Gasteiger partial charge in [-0.15, -0.1) is 0 Å². The maximum absolute atomic E-state index is 11.6. The minimum Gasteiger partial charge on any atom is -0.469 e. The van der Waals surface area contributed by atoms with Gasteiger partial charge in [0, 0.05) is 6.42 Å². The lowest BCUT2D eigenvalue weighted by Crippen LogP contribution is -2.58. The van der Waals surface area contributed by atoms with Crippen molar-refractivity contribution < 1.29 is 14.6 Å². The van der Waals surface area contributed by atoms with E-state index in [4.69, 9.17) is 4.74 Å². The average molecular weight is 391 g/mol. The number of rotatable bonds is 4. The molecule has 0 unspecified atom stereocenters. The van der Waals surface area contributed by atoms with Gasteiger partial charge in [-0.3, -0.25) is 4.79 Å². The summed E-state index contributed by atoms with van der Waals surface area (Å²) in [5, 5.41) is 11.5. The third kappa shape index (κ3) is 3.06. The van der Waals surface area contributed by atoms with Crippen molar-refractivity contribution in [2.75, 3.05) is 7.11 Å². The van der Waals surface area contributed by atoms with E-state index >= 15 is 0 Å². The highest BCUT2D eigenvalue weighted by molar-refractivity contribution is 5.69. The lowest BCUT2D eigenvalue weighted by Gasteiger charge is -2.62. The molecule has 0 aliphatic heterocycles. The fraction of sp³-hybridized carbons (Fsp3) is 0.960. The van der Waals surface area contributed by atoms with Crippen LogP contribution in [0.1, 0.15) is 91.4 Å². The zero-order valence-corrected chi connectivity index (χ0v) is 18.6. The molecule has 0 aromatic heterocycles. The van der Waals surface area contributed by atoms with Crippen LogP contribution in [-0.4, -0.2) is 24.3 Å². The summed E-state index contributed by atoms with van der Waals surface area (Å²) in [6.07, 6.45) is 13.2. The molecule has 4 rings (SSSR count). The van der Waals surface area contributed by atoms with Crippen LogP contribution in [0.3, 0.4) is 0 Å². The summed E-state index contributed by atoms with van der Waals surface area (Å²) in [6.45, 7) is 7.29. The standard InChI is InChI=1S/C25H42O3/c1-16(8-13-23(27)28-4)19-11-12-20-18-10-9-17-7-5-6-14-24(17,2)21(18)15-22(26)25(19,20)3/h16-22,26H,5-15H2,1-4H3/t16-,17-,18-,19+,20+,21+,22-,24-,25+/m0/s1. The molecule has 4 fully saturated rings. The molecule has 9 atom stereocenters. The van der Waals surface area contributed by atoms with Crippen molar-refractivity contribution in [2.45, 2.75) is 97.5 Å². The summed E-state index contributed by atoms with van der Waals surface area (Å²) in [7, 11) is 1.48. The largest absolute Gasteiger partial charge is 0.469 e. The van der Waals surface area contributed by atoms with Crippen molar-refractivity contribution >= 4 is 5.97 Å². The predicted octanol–water partition coefficient (Wildman–Crippen LogP) is 5.60. The topological polar surface area (TPSA) is 46.5 Å². The first-order chi connectivity index (χ1) is 13.3. The highest BCUT2D eigenvalue weighted by Gasteiger charge is 2.63. The molecule has 160 valence electrons. The van der Waals surface area contributed by atoms with Gasteiger partial charge in [0.15, 0.2) is 0 Å². The first-order valence-corrected chi connectivity index (χ1v) is 12.1. The van der Waals surface area contributed by atoms with Crippen LogP contribution in [0, 0.1) is 46.3 Å². The summed E-state index contributed by atoms with van der Waals surface area (Å²) in [4.78, 5) is 11.6. The molecule has 3 heteroatoms. The Morgan fingerprint density at radius 3 is 2.64 bits per heavy atom. The van der Waals surface area contributed by atoms with Crippen molar-refractivity contribution in [1.29, 1.82) is 0 Å². The van der Waals surface area contributed by atoms with Crippen LogP contribution in [0.4, 0.5) is 0 Å². The van der Waals surface area contributed by atoms with E-state index in [1.165, 1.54) is 58.5 Å². The molecule has 0 aromatic rings. The smallest absolute Gasteiger partial charge is 0.305 e. The van der Waals surface area contributed by atoms with E-state index in [-0.39, 0.29) is 17.5 Å². The third-order valence-electron chi connectivity index (χ3n) is 10.5. The second-order valence-electron chi connectivity index (χ2n) is 11.3. The Morgan fingerprint density at radius 2 is 1.89 bits per heavy atom. The number of fused-ring (bicyclic) bond motifs is 5. The van der Waals surface area contributed by atoms with Crippen molar-refractivity contribution in [2.24, 2.45) is 46.3 Å². The van der Waals surface area contributed by atoms with Crippen molar-refractivity contribution in [3.63, 3.8) is 0 Å². The molecule has 0 radical (unpaired) electrons. The molecule has 0 heterocycles. The molecular formula is C25H42O3. The number of aliphatic hydroxyl groups excluding tert-OH is 1. The van der Waals surface area contributed by atoms with Gasteiger partial charge in [-0.2, -0.15) is 0 Å². The number of hydrogen-bond donors (Lipinski definition) is 1. The molecule has 0 aromatic carbocycles. The Kier molecular flexibility index (Phi) is 5.61. The number of carbonyl (C=O) groups excluding carboxylic acids is 1. The minimum atomic E-state index is -0.177. The van der Waals surface area contributed by atoms with E-state index in [2.05, 4.69) is 20.8 Å². The Hall–Kier alpha value is -0.570. The zero-order chi connectivity index (χ0) is 20.1. The van der Waals surface area contributed by atoms with Crippen LogP contribution in [0.2, 0.25) is 0 Å². The van der Waals surface area contributed by atoms with E-state index in [0.717, 1.165) is 30.6 Å². The van der Waals surface area contributed by atoms with Gasteiger partial charge in [-0.1, -0.05) is 33.6 Å².